The van der Waals surface area contributed by atoms with Crippen molar-refractivity contribution in [2.24, 2.45) is 10.7 Å². The van der Waals surface area contributed by atoms with Crippen LogP contribution in [-0.4, -0.2) is 31.8 Å². The van der Waals surface area contributed by atoms with Crippen molar-refractivity contribution in [1.29, 1.82) is 0 Å². The molecule has 1 aromatic rings. The zero-order valence-corrected chi connectivity index (χ0v) is 14.0. The number of benzene rings is 1. The van der Waals surface area contributed by atoms with Crippen LogP contribution >= 0.6 is 24.0 Å². The van der Waals surface area contributed by atoms with Gasteiger partial charge in [0.1, 0.15) is 5.82 Å². The minimum atomic E-state index is -0.163. The summed E-state index contributed by atoms with van der Waals surface area (Å²) in [6.45, 7) is 2.53. The highest BCUT2D eigenvalue weighted by atomic mass is 127. The van der Waals surface area contributed by atoms with Crippen LogP contribution in [0.5, 0.6) is 0 Å². The summed E-state index contributed by atoms with van der Waals surface area (Å²) >= 11 is 0. The first kappa shape index (κ1) is 17.2. The normalized spacial score (nSPS) is 22.9. The number of aliphatic imine (C=N–C) groups is 1. The summed E-state index contributed by atoms with van der Waals surface area (Å²) < 4.78 is 18.6. The summed E-state index contributed by atoms with van der Waals surface area (Å²) in [6.07, 6.45) is 0.849. The minimum absolute atomic E-state index is 0. The van der Waals surface area contributed by atoms with Gasteiger partial charge in [-0.05, 0) is 25.0 Å². The van der Waals surface area contributed by atoms with Crippen LogP contribution in [0.15, 0.2) is 29.3 Å². The van der Waals surface area contributed by atoms with Gasteiger partial charge in [0.05, 0.1) is 12.6 Å². The monoisotopic (exact) mass is 393 g/mol. The van der Waals surface area contributed by atoms with Gasteiger partial charge in [-0.2, -0.15) is 0 Å². The summed E-state index contributed by atoms with van der Waals surface area (Å²) in [6, 6.07) is 7.03. The molecule has 3 N–H and O–H groups in total. The first-order chi connectivity index (χ1) is 9.11. The lowest BCUT2D eigenvalue weighted by molar-refractivity contribution is 0.179. The number of halogens is 2. The zero-order chi connectivity index (χ0) is 13.8. The minimum Gasteiger partial charge on any atom is -0.383 e. The van der Waals surface area contributed by atoms with E-state index in [2.05, 4.69) is 10.3 Å². The Morgan fingerprint density at radius 1 is 1.55 bits per heavy atom. The van der Waals surface area contributed by atoms with E-state index in [4.69, 9.17) is 10.5 Å². The third-order valence-electron chi connectivity index (χ3n) is 3.18. The van der Waals surface area contributed by atoms with Gasteiger partial charge >= 0.3 is 0 Å². The van der Waals surface area contributed by atoms with Crippen LogP contribution < -0.4 is 11.1 Å². The third kappa shape index (κ3) is 4.59. The van der Waals surface area contributed by atoms with Crippen molar-refractivity contribution < 1.29 is 9.13 Å². The van der Waals surface area contributed by atoms with Gasteiger partial charge in [-0.25, -0.2) is 9.38 Å². The van der Waals surface area contributed by atoms with Crippen molar-refractivity contribution in [3.05, 3.63) is 35.6 Å². The summed E-state index contributed by atoms with van der Waals surface area (Å²) in [5.74, 6) is 0.386. The molecule has 3 unspecified atom stereocenters. The number of nitrogens with zero attached hydrogens (tertiary/aromatic N) is 1. The maximum atomic E-state index is 13.6. The van der Waals surface area contributed by atoms with Crippen molar-refractivity contribution in [2.45, 2.75) is 31.3 Å². The molecule has 1 saturated carbocycles. The lowest BCUT2D eigenvalue weighted by Gasteiger charge is -2.13. The van der Waals surface area contributed by atoms with Crippen molar-refractivity contribution in [2.75, 3.05) is 13.7 Å². The number of rotatable bonds is 5. The van der Waals surface area contributed by atoms with E-state index in [1.165, 1.54) is 6.07 Å². The van der Waals surface area contributed by atoms with E-state index >= 15 is 0 Å². The van der Waals surface area contributed by atoms with Crippen LogP contribution in [0.4, 0.5) is 4.39 Å². The van der Waals surface area contributed by atoms with Crippen LogP contribution in [-0.2, 0) is 4.74 Å². The van der Waals surface area contributed by atoms with E-state index in [1.807, 2.05) is 19.1 Å². The van der Waals surface area contributed by atoms with Gasteiger partial charge in [0.15, 0.2) is 5.96 Å². The predicted octanol–water partition coefficient (Wildman–Crippen LogP) is 2.24. The van der Waals surface area contributed by atoms with Crippen molar-refractivity contribution >= 4 is 29.9 Å². The number of guanidine groups is 1. The molecule has 2 rings (SSSR count). The average Bonchev–Trinajstić information content (AvgIpc) is 3.08. The number of ether oxygens (including phenoxy) is 1. The molecule has 6 heteroatoms. The standard InChI is InChI=1S/C14H20FN3O.HI/c1-9(8-19-2)17-14(16)18-13-7-11(13)10-5-3-4-6-12(10)15;/h3-6,9,11,13H,7-8H2,1-2H3,(H3,16,17,18);1H. The number of methoxy groups -OCH3 is 1. The first-order valence-electron chi connectivity index (χ1n) is 6.45. The molecule has 20 heavy (non-hydrogen) atoms. The maximum Gasteiger partial charge on any atom is 0.189 e. The molecular formula is C14H21FIN3O. The second-order valence-corrected chi connectivity index (χ2v) is 4.95. The Labute approximate surface area is 136 Å². The highest BCUT2D eigenvalue weighted by molar-refractivity contribution is 14.0. The third-order valence-corrected chi connectivity index (χ3v) is 3.18. The average molecular weight is 393 g/mol. The Morgan fingerprint density at radius 2 is 2.25 bits per heavy atom. The van der Waals surface area contributed by atoms with Gasteiger partial charge in [0.2, 0.25) is 0 Å². The topological polar surface area (TPSA) is 59.6 Å². The molecule has 0 radical (unpaired) electrons. The molecular weight excluding hydrogens is 372 g/mol. The first-order valence-corrected chi connectivity index (χ1v) is 6.45. The lowest BCUT2D eigenvalue weighted by Crippen LogP contribution is -2.40. The van der Waals surface area contributed by atoms with Gasteiger partial charge in [0.25, 0.3) is 0 Å². The van der Waals surface area contributed by atoms with E-state index in [0.29, 0.717) is 12.6 Å². The molecule has 0 saturated heterocycles. The van der Waals surface area contributed by atoms with E-state index in [-0.39, 0.29) is 47.8 Å². The van der Waals surface area contributed by atoms with Gasteiger partial charge in [-0.3, -0.25) is 0 Å². The van der Waals surface area contributed by atoms with Crippen molar-refractivity contribution in [3.8, 4) is 0 Å². The molecule has 1 aliphatic carbocycles. The van der Waals surface area contributed by atoms with Crippen LogP contribution in [0.1, 0.15) is 24.8 Å². The highest BCUT2D eigenvalue weighted by Gasteiger charge is 2.40. The molecule has 0 bridgehead atoms. The number of hydrogen-bond acceptors (Lipinski definition) is 2. The molecule has 0 aromatic heterocycles. The summed E-state index contributed by atoms with van der Waals surface area (Å²) in [5.41, 5.74) is 6.54. The van der Waals surface area contributed by atoms with Gasteiger partial charge in [-0.1, -0.05) is 18.2 Å². The molecule has 0 aliphatic heterocycles. The molecule has 0 heterocycles. The fourth-order valence-electron chi connectivity index (χ4n) is 2.19. The molecule has 1 aromatic carbocycles. The number of nitrogens with two attached hydrogens (primary N) is 1. The maximum absolute atomic E-state index is 13.6. The van der Waals surface area contributed by atoms with Gasteiger partial charge < -0.3 is 15.8 Å². The summed E-state index contributed by atoms with van der Waals surface area (Å²) in [4.78, 5) is 4.37. The SMILES string of the molecule is COCC(C)NC(N)=NC1CC1c1ccccc1F.I. The Hall–Kier alpha value is -0.890. The van der Waals surface area contributed by atoms with E-state index in [1.54, 1.807) is 13.2 Å². The van der Waals surface area contributed by atoms with Crippen LogP contribution in [0.25, 0.3) is 0 Å². The van der Waals surface area contributed by atoms with Crippen LogP contribution in [0.3, 0.4) is 0 Å². The van der Waals surface area contributed by atoms with Crippen LogP contribution in [0.2, 0.25) is 0 Å². The van der Waals surface area contributed by atoms with Crippen molar-refractivity contribution in [3.63, 3.8) is 0 Å². The molecule has 0 amide bonds. The second-order valence-electron chi connectivity index (χ2n) is 4.95. The van der Waals surface area contributed by atoms with E-state index < -0.39 is 0 Å². The van der Waals surface area contributed by atoms with Gasteiger partial charge in [-0.15, -0.1) is 24.0 Å². The Bertz CT molecular complexity index is 469. The molecule has 3 atom stereocenters. The lowest BCUT2D eigenvalue weighted by atomic mass is 10.1. The highest BCUT2D eigenvalue weighted by Crippen LogP contribution is 2.44. The molecule has 112 valence electrons. The Kier molecular flexibility index (Phi) is 6.67. The fourth-order valence-corrected chi connectivity index (χ4v) is 2.19. The summed E-state index contributed by atoms with van der Waals surface area (Å²) in [5, 5.41) is 3.05. The second kappa shape index (κ2) is 7.78. The Morgan fingerprint density at radius 3 is 2.90 bits per heavy atom. The summed E-state index contributed by atoms with van der Waals surface area (Å²) in [7, 11) is 1.64. The van der Waals surface area contributed by atoms with Crippen LogP contribution in [0, 0.1) is 5.82 Å². The smallest absolute Gasteiger partial charge is 0.189 e. The van der Waals surface area contributed by atoms with Crippen molar-refractivity contribution in [1.82, 2.24) is 5.32 Å². The Balaban J connectivity index is 0.00000200. The predicted molar refractivity (Wildman–Crippen MR) is 89.1 cm³/mol. The molecule has 0 spiro atoms. The van der Waals surface area contributed by atoms with Gasteiger partial charge in [0, 0.05) is 19.1 Å². The van der Waals surface area contributed by atoms with E-state index in [0.717, 1.165) is 12.0 Å². The number of hydrogen-bond donors (Lipinski definition) is 2. The molecule has 1 aliphatic rings. The quantitative estimate of drug-likeness (QED) is 0.458. The molecule has 1 fully saturated rings. The zero-order valence-electron chi connectivity index (χ0n) is 11.7. The largest absolute Gasteiger partial charge is 0.383 e. The fraction of sp³-hybridized carbons (Fsp3) is 0.500. The molecule has 4 nitrogen and oxygen atoms in total. The van der Waals surface area contributed by atoms with E-state index in [9.17, 15) is 4.39 Å². The number of nitrogens with one attached hydrogen (secondary N) is 1.